The van der Waals surface area contributed by atoms with Crippen LogP contribution in [0.5, 0.6) is 0 Å². The van der Waals surface area contributed by atoms with Crippen LogP contribution in [0.15, 0.2) is 211 Å². The van der Waals surface area contributed by atoms with Crippen LogP contribution >= 0.6 is 0 Å². The van der Waals surface area contributed by atoms with E-state index in [0.29, 0.717) is 17.5 Å². The lowest BCUT2D eigenvalue weighted by atomic mass is 10.0. The van der Waals surface area contributed by atoms with E-state index in [0.717, 1.165) is 104 Å². The van der Waals surface area contributed by atoms with Gasteiger partial charge in [0.1, 0.15) is 11.3 Å². The van der Waals surface area contributed by atoms with Gasteiger partial charge in [0.2, 0.25) is 0 Å². The van der Waals surface area contributed by atoms with E-state index in [1.54, 1.807) is 0 Å². The first-order chi connectivity index (χ1) is 30.7. The number of hydrogen-bond acceptors (Lipinski definition) is 4. The van der Waals surface area contributed by atoms with Crippen LogP contribution in [0.4, 0.5) is 0 Å². The first-order valence-corrected chi connectivity index (χ1v) is 20.9. The van der Waals surface area contributed by atoms with Crippen LogP contribution in [0.2, 0.25) is 0 Å². The Bertz CT molecular complexity index is 3910. The van der Waals surface area contributed by atoms with Gasteiger partial charge < -0.3 is 8.98 Å². The third-order valence-electron chi connectivity index (χ3n) is 12.4. The van der Waals surface area contributed by atoms with E-state index in [4.69, 9.17) is 19.4 Å². The van der Waals surface area contributed by atoms with E-state index in [-0.39, 0.29) is 0 Å². The van der Waals surface area contributed by atoms with Crippen molar-refractivity contribution in [2.24, 2.45) is 0 Å². The number of fused-ring (bicyclic) bond motifs is 10. The number of rotatable bonds is 5. The van der Waals surface area contributed by atoms with Crippen LogP contribution in [0.1, 0.15) is 0 Å². The average molecular weight is 791 g/mol. The predicted octanol–water partition coefficient (Wildman–Crippen LogP) is 15.0. The zero-order valence-electron chi connectivity index (χ0n) is 33.3. The first-order valence-electron chi connectivity index (χ1n) is 20.9. The monoisotopic (exact) mass is 790 g/mol. The molecule has 62 heavy (non-hydrogen) atoms. The molecule has 13 rings (SSSR count). The second-order valence-corrected chi connectivity index (χ2v) is 15.9. The molecule has 0 aliphatic heterocycles. The third-order valence-corrected chi connectivity index (χ3v) is 12.4. The molecule has 0 spiro atoms. The predicted molar refractivity (Wildman–Crippen MR) is 256 cm³/mol. The Labute approximate surface area is 355 Å². The van der Waals surface area contributed by atoms with E-state index in [2.05, 4.69) is 205 Å². The normalized spacial score (nSPS) is 11.9. The van der Waals surface area contributed by atoms with Gasteiger partial charge in [-0.05, 0) is 79.8 Å². The number of furan rings is 1. The van der Waals surface area contributed by atoms with E-state index in [9.17, 15) is 0 Å². The van der Waals surface area contributed by atoms with Gasteiger partial charge in [0.05, 0.1) is 11.0 Å². The highest BCUT2D eigenvalue weighted by molar-refractivity contribution is 6.22. The van der Waals surface area contributed by atoms with Crippen molar-refractivity contribution in [2.75, 3.05) is 0 Å². The first kappa shape index (κ1) is 34.5. The Morgan fingerprint density at radius 3 is 1.74 bits per heavy atom. The molecule has 0 saturated carbocycles. The van der Waals surface area contributed by atoms with E-state index >= 15 is 0 Å². The van der Waals surface area contributed by atoms with Crippen molar-refractivity contribution in [3.05, 3.63) is 206 Å². The Morgan fingerprint density at radius 2 is 0.935 bits per heavy atom. The summed E-state index contributed by atoms with van der Waals surface area (Å²) in [5, 5.41) is 11.3. The van der Waals surface area contributed by atoms with Gasteiger partial charge in [-0.15, -0.1) is 0 Å². The minimum absolute atomic E-state index is 0.555. The quantitative estimate of drug-likeness (QED) is 0.174. The van der Waals surface area contributed by atoms with Gasteiger partial charge in [-0.3, -0.25) is 0 Å². The number of para-hydroxylation sites is 1. The standard InChI is InChI=1S/C57H34N4O/c1-2-13-35(14-3-1)36-25-27-39(28-26-36)55-58-56(45-23-12-19-37-15-6-8-20-42(37)45)60-57(59-55)47-31-30-46-52-43-21-9-7-16-38(43)29-32-51(52)62-54(46)53(47)61-49-24-11-10-22-44(49)48-33-40-17-4-5-18-41(40)34-50(48)61/h1-34H. The minimum atomic E-state index is 0.555. The fraction of sp³-hybridized carbons (Fsp3) is 0. The Morgan fingerprint density at radius 1 is 0.339 bits per heavy atom. The molecule has 0 N–H and O–H groups in total. The molecule has 0 saturated heterocycles. The average Bonchev–Trinajstić information content (AvgIpc) is 3.88. The van der Waals surface area contributed by atoms with Crippen molar-refractivity contribution < 1.29 is 4.42 Å². The van der Waals surface area contributed by atoms with Gasteiger partial charge in [0.25, 0.3) is 0 Å². The van der Waals surface area contributed by atoms with Gasteiger partial charge in [-0.25, -0.2) is 15.0 Å². The summed E-state index contributed by atoms with van der Waals surface area (Å²) in [6.07, 6.45) is 0. The highest BCUT2D eigenvalue weighted by atomic mass is 16.3. The van der Waals surface area contributed by atoms with Crippen LogP contribution < -0.4 is 0 Å². The largest absolute Gasteiger partial charge is 0.454 e. The second-order valence-electron chi connectivity index (χ2n) is 15.9. The van der Waals surface area contributed by atoms with Crippen LogP contribution in [0, 0.1) is 0 Å². The van der Waals surface area contributed by atoms with Crippen molar-refractivity contribution in [1.29, 1.82) is 0 Å². The van der Waals surface area contributed by atoms with Crippen molar-refractivity contribution in [3.8, 4) is 51.0 Å². The number of aromatic nitrogens is 4. The van der Waals surface area contributed by atoms with E-state index in [1.165, 1.54) is 5.39 Å². The lowest BCUT2D eigenvalue weighted by Crippen LogP contribution is -2.04. The van der Waals surface area contributed by atoms with Crippen LogP contribution in [0.3, 0.4) is 0 Å². The smallest absolute Gasteiger partial charge is 0.166 e. The molecule has 13 aromatic rings. The summed E-state index contributed by atoms with van der Waals surface area (Å²) in [4.78, 5) is 16.1. The van der Waals surface area contributed by atoms with Crippen molar-refractivity contribution in [3.63, 3.8) is 0 Å². The topological polar surface area (TPSA) is 56.7 Å². The van der Waals surface area contributed by atoms with Gasteiger partial charge in [-0.1, -0.05) is 170 Å². The highest BCUT2D eigenvalue weighted by Crippen LogP contribution is 2.45. The molecule has 3 aromatic heterocycles. The molecule has 5 heteroatoms. The van der Waals surface area contributed by atoms with E-state index < -0.39 is 0 Å². The Hall–Kier alpha value is -8.41. The molecular weight excluding hydrogens is 757 g/mol. The molecular formula is C57H34N4O. The summed E-state index contributed by atoms with van der Waals surface area (Å²) in [5.41, 5.74) is 9.57. The van der Waals surface area contributed by atoms with E-state index in [1.807, 2.05) is 6.07 Å². The molecule has 0 aliphatic carbocycles. The molecule has 10 aromatic carbocycles. The summed E-state index contributed by atoms with van der Waals surface area (Å²) in [5.74, 6) is 1.75. The molecule has 0 atom stereocenters. The highest BCUT2D eigenvalue weighted by Gasteiger charge is 2.25. The van der Waals surface area contributed by atoms with Crippen molar-refractivity contribution in [1.82, 2.24) is 19.5 Å². The second kappa shape index (κ2) is 13.6. The lowest BCUT2D eigenvalue weighted by Gasteiger charge is -2.16. The van der Waals surface area contributed by atoms with Crippen molar-refractivity contribution >= 4 is 76.1 Å². The van der Waals surface area contributed by atoms with Gasteiger partial charge in [0.15, 0.2) is 23.1 Å². The minimum Gasteiger partial charge on any atom is -0.454 e. The summed E-state index contributed by atoms with van der Waals surface area (Å²) in [6, 6.07) is 72.7. The molecule has 0 unspecified atom stereocenters. The number of hydrogen-bond donors (Lipinski definition) is 0. The molecule has 3 heterocycles. The molecule has 0 radical (unpaired) electrons. The SMILES string of the molecule is c1ccc(-c2ccc(-c3nc(-c4ccc5c(oc6ccc7ccccc7c65)c4-n4c5ccccc5c5cc6ccccc6cc54)nc(-c4cccc5ccccc45)n3)cc2)cc1. The maximum Gasteiger partial charge on any atom is 0.166 e. The fourth-order valence-electron chi connectivity index (χ4n) is 9.50. The Kier molecular flexibility index (Phi) is 7.54. The molecule has 0 amide bonds. The van der Waals surface area contributed by atoms with Gasteiger partial charge in [-0.2, -0.15) is 0 Å². The molecule has 5 nitrogen and oxygen atoms in total. The zero-order valence-corrected chi connectivity index (χ0v) is 33.3. The summed E-state index contributed by atoms with van der Waals surface area (Å²) < 4.78 is 9.48. The Balaban J connectivity index is 1.15. The zero-order chi connectivity index (χ0) is 40.7. The van der Waals surface area contributed by atoms with Crippen LogP contribution in [0.25, 0.3) is 127 Å². The maximum atomic E-state index is 7.11. The van der Waals surface area contributed by atoms with Gasteiger partial charge >= 0.3 is 0 Å². The third kappa shape index (κ3) is 5.32. The van der Waals surface area contributed by atoms with Crippen LogP contribution in [-0.2, 0) is 0 Å². The lowest BCUT2D eigenvalue weighted by molar-refractivity contribution is 0.667. The molecule has 0 aliphatic rings. The molecule has 0 fully saturated rings. The fourth-order valence-corrected chi connectivity index (χ4v) is 9.50. The number of nitrogens with zero attached hydrogens (tertiary/aromatic N) is 4. The van der Waals surface area contributed by atoms with Crippen LogP contribution in [-0.4, -0.2) is 19.5 Å². The summed E-state index contributed by atoms with van der Waals surface area (Å²) >= 11 is 0. The molecule has 0 bridgehead atoms. The van der Waals surface area contributed by atoms with Crippen molar-refractivity contribution in [2.45, 2.75) is 0 Å². The summed E-state index contributed by atoms with van der Waals surface area (Å²) in [7, 11) is 0. The maximum absolute atomic E-state index is 7.11. The number of benzene rings is 10. The van der Waals surface area contributed by atoms with Gasteiger partial charge in [0, 0.05) is 38.2 Å². The molecule has 288 valence electrons. The summed E-state index contributed by atoms with van der Waals surface area (Å²) in [6.45, 7) is 0.